The van der Waals surface area contributed by atoms with Crippen molar-refractivity contribution in [1.29, 1.82) is 0 Å². The summed E-state index contributed by atoms with van der Waals surface area (Å²) >= 11 is 0. The Balaban J connectivity index is 2.36. The number of fused-ring (bicyclic) bond motifs is 1. The van der Waals surface area contributed by atoms with Crippen LogP contribution in [-0.4, -0.2) is 11.1 Å². The number of aryl methyl sites for hydroxylation is 2. The maximum atomic E-state index is 11.0. The van der Waals surface area contributed by atoms with E-state index in [-0.39, 0.29) is 0 Å². The van der Waals surface area contributed by atoms with E-state index in [0.29, 0.717) is 5.56 Å². The summed E-state index contributed by atoms with van der Waals surface area (Å²) in [5.41, 5.74) is 3.01. The van der Waals surface area contributed by atoms with Crippen LogP contribution in [0.15, 0.2) is 30.3 Å². The lowest BCUT2D eigenvalue weighted by molar-refractivity contribution is 0.0697. The number of benzene rings is 2. The van der Waals surface area contributed by atoms with Crippen LogP contribution in [0.1, 0.15) is 47.7 Å². The lowest BCUT2D eigenvalue weighted by Crippen LogP contribution is -1.97. The molecule has 2 aromatic carbocycles. The van der Waals surface area contributed by atoms with Crippen LogP contribution in [0.2, 0.25) is 0 Å². The van der Waals surface area contributed by atoms with Crippen molar-refractivity contribution in [2.24, 2.45) is 0 Å². The fourth-order valence-electron chi connectivity index (χ4n) is 2.50. The molecule has 0 aliphatic carbocycles. The maximum absolute atomic E-state index is 11.0. The van der Waals surface area contributed by atoms with Gasteiger partial charge in [-0.2, -0.15) is 0 Å². The van der Waals surface area contributed by atoms with E-state index in [9.17, 15) is 4.79 Å². The van der Waals surface area contributed by atoms with E-state index in [4.69, 9.17) is 5.11 Å². The number of hydrogen-bond donors (Lipinski definition) is 1. The van der Waals surface area contributed by atoms with Crippen LogP contribution >= 0.6 is 0 Å². The molecule has 0 aliphatic heterocycles. The number of carboxylic acid groups (broad SMARTS) is 1. The first-order valence-corrected chi connectivity index (χ1v) is 6.89. The second-order valence-corrected chi connectivity index (χ2v) is 5.05. The van der Waals surface area contributed by atoms with Crippen LogP contribution in [0, 0.1) is 6.92 Å². The van der Waals surface area contributed by atoms with Gasteiger partial charge in [-0.05, 0) is 53.8 Å². The van der Waals surface area contributed by atoms with E-state index < -0.39 is 5.97 Å². The van der Waals surface area contributed by atoms with Crippen LogP contribution in [0.4, 0.5) is 0 Å². The number of carboxylic acids is 1. The van der Waals surface area contributed by atoms with Gasteiger partial charge in [0.15, 0.2) is 0 Å². The summed E-state index contributed by atoms with van der Waals surface area (Å²) in [6, 6.07) is 9.54. The van der Waals surface area contributed by atoms with Crippen LogP contribution in [0.3, 0.4) is 0 Å². The standard InChI is InChI=1S/C17H20O2/c1-3-4-5-6-13-7-8-14-11-15(17(18)19)9-10-16(14)12(13)2/h7-11H,3-6H2,1-2H3,(H,18,19). The number of aromatic carboxylic acids is 1. The monoisotopic (exact) mass is 256 g/mol. The van der Waals surface area contributed by atoms with Gasteiger partial charge in [-0.15, -0.1) is 0 Å². The molecule has 0 aliphatic rings. The Bertz CT molecular complexity index is 599. The minimum Gasteiger partial charge on any atom is -0.478 e. The largest absolute Gasteiger partial charge is 0.478 e. The molecular formula is C17H20O2. The van der Waals surface area contributed by atoms with Crippen LogP contribution in [0.25, 0.3) is 10.8 Å². The molecule has 1 N–H and O–H groups in total. The van der Waals surface area contributed by atoms with E-state index >= 15 is 0 Å². The molecule has 0 spiro atoms. The smallest absolute Gasteiger partial charge is 0.335 e. The minimum atomic E-state index is -0.869. The van der Waals surface area contributed by atoms with Gasteiger partial charge in [0.05, 0.1) is 5.56 Å². The van der Waals surface area contributed by atoms with Gasteiger partial charge in [0, 0.05) is 0 Å². The highest BCUT2D eigenvalue weighted by atomic mass is 16.4. The van der Waals surface area contributed by atoms with E-state index in [1.807, 2.05) is 12.1 Å². The molecule has 0 fully saturated rings. The molecule has 2 heteroatoms. The normalized spacial score (nSPS) is 10.8. The zero-order chi connectivity index (χ0) is 13.8. The second-order valence-electron chi connectivity index (χ2n) is 5.05. The average Bonchev–Trinajstić information content (AvgIpc) is 2.41. The molecule has 0 saturated heterocycles. The van der Waals surface area contributed by atoms with Gasteiger partial charge in [-0.25, -0.2) is 4.79 Å². The molecule has 19 heavy (non-hydrogen) atoms. The van der Waals surface area contributed by atoms with E-state index in [2.05, 4.69) is 19.9 Å². The Hall–Kier alpha value is -1.83. The number of unbranched alkanes of at least 4 members (excludes halogenated alkanes) is 2. The summed E-state index contributed by atoms with van der Waals surface area (Å²) < 4.78 is 0. The zero-order valence-electron chi connectivity index (χ0n) is 11.6. The molecule has 0 atom stereocenters. The molecule has 100 valence electrons. The Morgan fingerprint density at radius 3 is 2.63 bits per heavy atom. The first-order chi connectivity index (χ1) is 9.13. The number of carbonyl (C=O) groups is 1. The van der Waals surface area contributed by atoms with Gasteiger partial charge < -0.3 is 5.11 Å². The van der Waals surface area contributed by atoms with Crippen LogP contribution in [0.5, 0.6) is 0 Å². The van der Waals surface area contributed by atoms with E-state index in [1.54, 1.807) is 12.1 Å². The van der Waals surface area contributed by atoms with Gasteiger partial charge in [0.25, 0.3) is 0 Å². The highest BCUT2D eigenvalue weighted by Gasteiger charge is 2.07. The molecular weight excluding hydrogens is 236 g/mol. The Morgan fingerprint density at radius 2 is 1.95 bits per heavy atom. The Morgan fingerprint density at radius 1 is 1.16 bits per heavy atom. The zero-order valence-corrected chi connectivity index (χ0v) is 11.6. The quantitative estimate of drug-likeness (QED) is 0.795. The second kappa shape index (κ2) is 5.87. The van der Waals surface area contributed by atoms with Crippen molar-refractivity contribution in [3.8, 4) is 0 Å². The molecule has 0 bridgehead atoms. The fraction of sp³-hybridized carbons (Fsp3) is 0.353. The number of hydrogen-bond acceptors (Lipinski definition) is 1. The molecule has 2 rings (SSSR count). The lowest BCUT2D eigenvalue weighted by atomic mass is 9.95. The average molecular weight is 256 g/mol. The van der Waals surface area contributed by atoms with Crippen LogP contribution < -0.4 is 0 Å². The highest BCUT2D eigenvalue weighted by Crippen LogP contribution is 2.24. The summed E-state index contributed by atoms with van der Waals surface area (Å²) in [7, 11) is 0. The summed E-state index contributed by atoms with van der Waals surface area (Å²) in [4.78, 5) is 11.0. The van der Waals surface area contributed by atoms with Crippen molar-refractivity contribution in [3.05, 3.63) is 47.0 Å². The topological polar surface area (TPSA) is 37.3 Å². The van der Waals surface area contributed by atoms with E-state index in [1.165, 1.54) is 35.8 Å². The van der Waals surface area contributed by atoms with Crippen molar-refractivity contribution >= 4 is 16.7 Å². The summed E-state index contributed by atoms with van der Waals surface area (Å²) in [5, 5.41) is 11.2. The predicted molar refractivity (Wildman–Crippen MR) is 78.9 cm³/mol. The van der Waals surface area contributed by atoms with Gasteiger partial charge in [0.1, 0.15) is 0 Å². The van der Waals surface area contributed by atoms with Crippen molar-refractivity contribution in [1.82, 2.24) is 0 Å². The third-order valence-corrected chi connectivity index (χ3v) is 3.70. The van der Waals surface area contributed by atoms with Crippen molar-refractivity contribution in [2.75, 3.05) is 0 Å². The van der Waals surface area contributed by atoms with Crippen molar-refractivity contribution in [2.45, 2.75) is 39.5 Å². The molecule has 0 unspecified atom stereocenters. The predicted octanol–water partition coefficient (Wildman–Crippen LogP) is 4.58. The molecule has 2 aromatic rings. The third-order valence-electron chi connectivity index (χ3n) is 3.70. The first-order valence-electron chi connectivity index (χ1n) is 6.89. The molecule has 2 nitrogen and oxygen atoms in total. The summed E-state index contributed by atoms with van der Waals surface area (Å²) in [6.07, 6.45) is 4.82. The molecule has 0 saturated carbocycles. The molecule has 0 aromatic heterocycles. The maximum Gasteiger partial charge on any atom is 0.335 e. The third kappa shape index (κ3) is 2.95. The Kier molecular flexibility index (Phi) is 4.20. The molecule has 0 radical (unpaired) electrons. The SMILES string of the molecule is CCCCCc1ccc2cc(C(=O)O)ccc2c1C. The van der Waals surface area contributed by atoms with Gasteiger partial charge in [-0.3, -0.25) is 0 Å². The van der Waals surface area contributed by atoms with Gasteiger partial charge in [-0.1, -0.05) is 38.0 Å². The minimum absolute atomic E-state index is 0.352. The van der Waals surface area contributed by atoms with E-state index in [0.717, 1.165) is 11.8 Å². The summed E-state index contributed by atoms with van der Waals surface area (Å²) in [6.45, 7) is 4.34. The molecule has 0 heterocycles. The number of rotatable bonds is 5. The van der Waals surface area contributed by atoms with Gasteiger partial charge >= 0.3 is 5.97 Å². The Labute approximate surface area is 114 Å². The first kappa shape index (κ1) is 13.6. The van der Waals surface area contributed by atoms with Crippen molar-refractivity contribution in [3.63, 3.8) is 0 Å². The van der Waals surface area contributed by atoms with Crippen LogP contribution in [-0.2, 0) is 6.42 Å². The molecule has 0 amide bonds. The lowest BCUT2D eigenvalue weighted by Gasteiger charge is -2.10. The highest BCUT2D eigenvalue weighted by molar-refractivity contribution is 5.95. The van der Waals surface area contributed by atoms with Crippen molar-refractivity contribution < 1.29 is 9.90 Å². The fourth-order valence-corrected chi connectivity index (χ4v) is 2.50. The van der Waals surface area contributed by atoms with Gasteiger partial charge in [0.2, 0.25) is 0 Å². The summed E-state index contributed by atoms with van der Waals surface area (Å²) in [5.74, 6) is -0.869.